The van der Waals surface area contributed by atoms with E-state index < -0.39 is 43.5 Å². The van der Waals surface area contributed by atoms with Crippen LogP contribution < -0.4 is 18.9 Å². The molecule has 226 valence electrons. The molecule has 0 bridgehead atoms. The molecule has 3 aliphatic rings. The predicted octanol–water partition coefficient (Wildman–Crippen LogP) is 4.82. The first-order valence-electron chi connectivity index (χ1n) is 11.7. The van der Waals surface area contributed by atoms with Gasteiger partial charge in [-0.25, -0.2) is 0 Å². The Balaban J connectivity index is 1.38. The smallest absolute Gasteiger partial charge is 0.395 e. The molecule has 18 heteroatoms. The number of benzene rings is 2. The predicted molar refractivity (Wildman–Crippen MR) is 113 cm³/mol. The standard InChI is InChI=1S/C23H18F10N2O6/c24-20(25,26)18(21(27,28)29)37-19(36)35-7-5-34(6-8-35)17(11-1-3-13-15(9-11)40-22(30,31)38-13)12-2-4-14-16(10-12)41-23(32,33)39-14/h1-4,9-10,17-19,36H,5-8H2. The quantitative estimate of drug-likeness (QED) is 0.370. The number of fused-ring (bicyclic) bond motifs is 2. The lowest BCUT2D eigenvalue weighted by Crippen LogP contribution is -2.55. The summed E-state index contributed by atoms with van der Waals surface area (Å²) in [5.41, 5.74) is 0.574. The third-order valence-electron chi connectivity index (χ3n) is 6.36. The van der Waals surface area contributed by atoms with Crippen LogP contribution in [0.1, 0.15) is 17.2 Å². The van der Waals surface area contributed by atoms with E-state index in [1.165, 1.54) is 36.4 Å². The van der Waals surface area contributed by atoms with Gasteiger partial charge >= 0.3 is 24.9 Å². The second kappa shape index (κ2) is 9.95. The molecule has 0 saturated carbocycles. The molecule has 0 aliphatic carbocycles. The zero-order valence-electron chi connectivity index (χ0n) is 20.2. The van der Waals surface area contributed by atoms with Crippen molar-refractivity contribution >= 4 is 0 Å². The second-order valence-corrected chi connectivity index (χ2v) is 9.15. The minimum Gasteiger partial charge on any atom is -0.395 e. The first kappa shape index (κ1) is 29.3. The molecule has 0 amide bonds. The minimum atomic E-state index is -5.83. The summed E-state index contributed by atoms with van der Waals surface area (Å²) in [6, 6.07) is 6.65. The maximum Gasteiger partial charge on any atom is 0.586 e. The van der Waals surface area contributed by atoms with E-state index in [1.54, 1.807) is 4.90 Å². The Labute approximate surface area is 223 Å². The van der Waals surface area contributed by atoms with Gasteiger partial charge in [0.05, 0.1) is 6.04 Å². The van der Waals surface area contributed by atoms with Crippen molar-refractivity contribution in [3.05, 3.63) is 47.5 Å². The van der Waals surface area contributed by atoms with Crippen molar-refractivity contribution in [1.82, 2.24) is 9.80 Å². The molecule has 8 nitrogen and oxygen atoms in total. The first-order valence-corrected chi connectivity index (χ1v) is 11.7. The largest absolute Gasteiger partial charge is 0.586 e. The SMILES string of the molecule is OC(OC(C(F)(F)F)C(F)(F)F)N1CCN(C(c2ccc3c(c2)OC(F)(F)O3)c2ccc3c(c2)OC(F)(F)O3)CC1. The summed E-state index contributed by atoms with van der Waals surface area (Å²) in [5, 5.41) is 10.0. The summed E-state index contributed by atoms with van der Waals surface area (Å²) < 4.78 is 153. The zero-order valence-corrected chi connectivity index (χ0v) is 20.2. The van der Waals surface area contributed by atoms with Gasteiger partial charge < -0.3 is 28.8 Å². The number of hydrogen-bond donors (Lipinski definition) is 1. The fraction of sp³-hybridized carbons (Fsp3) is 0.478. The van der Waals surface area contributed by atoms with Gasteiger partial charge in [0.1, 0.15) is 0 Å². The van der Waals surface area contributed by atoms with Gasteiger partial charge in [0.15, 0.2) is 23.0 Å². The molecule has 1 N–H and O–H groups in total. The van der Waals surface area contributed by atoms with Gasteiger partial charge in [0.25, 0.3) is 6.10 Å². The summed E-state index contributed by atoms with van der Waals surface area (Å²) in [5.74, 6) is -1.23. The second-order valence-electron chi connectivity index (χ2n) is 9.15. The van der Waals surface area contributed by atoms with E-state index >= 15 is 0 Å². The Kier molecular flexibility index (Phi) is 7.11. The molecule has 5 rings (SSSR count). The lowest BCUT2D eigenvalue weighted by Gasteiger charge is -2.41. The molecule has 1 unspecified atom stereocenters. The van der Waals surface area contributed by atoms with Crippen LogP contribution in [-0.4, -0.2) is 78.5 Å². The third kappa shape index (κ3) is 6.19. The monoisotopic (exact) mass is 608 g/mol. The fourth-order valence-electron chi connectivity index (χ4n) is 4.65. The highest BCUT2D eigenvalue weighted by Crippen LogP contribution is 2.46. The number of piperazine rings is 1. The molecule has 3 aliphatic heterocycles. The van der Waals surface area contributed by atoms with E-state index in [-0.39, 0.29) is 60.3 Å². The van der Waals surface area contributed by atoms with Crippen molar-refractivity contribution in [2.75, 3.05) is 26.2 Å². The van der Waals surface area contributed by atoms with Gasteiger partial charge in [-0.1, -0.05) is 12.1 Å². The maximum atomic E-state index is 13.6. The van der Waals surface area contributed by atoms with E-state index in [2.05, 4.69) is 23.7 Å². The van der Waals surface area contributed by atoms with Gasteiger partial charge in [-0.2, -0.15) is 26.3 Å². The Morgan fingerprint density at radius 3 is 1.46 bits per heavy atom. The van der Waals surface area contributed by atoms with Crippen LogP contribution in [0.3, 0.4) is 0 Å². The highest BCUT2D eigenvalue weighted by Gasteiger charge is 2.59. The Morgan fingerprint density at radius 1 is 0.659 bits per heavy atom. The van der Waals surface area contributed by atoms with Crippen LogP contribution in [0.5, 0.6) is 23.0 Å². The lowest BCUT2D eigenvalue weighted by atomic mass is 9.95. The highest BCUT2D eigenvalue weighted by molar-refractivity contribution is 5.51. The van der Waals surface area contributed by atoms with E-state index in [4.69, 9.17) is 0 Å². The number of nitrogens with zero attached hydrogens (tertiary/aromatic N) is 2. The topological polar surface area (TPSA) is 72.9 Å². The van der Waals surface area contributed by atoms with Gasteiger partial charge in [0, 0.05) is 26.2 Å². The highest BCUT2D eigenvalue weighted by atomic mass is 19.4. The lowest BCUT2D eigenvalue weighted by molar-refractivity contribution is -0.367. The Bertz CT molecular complexity index is 1200. The number of alkyl halides is 10. The number of aliphatic hydroxyl groups is 1. The average Bonchev–Trinajstić information content (AvgIpc) is 3.33. The van der Waals surface area contributed by atoms with Crippen molar-refractivity contribution in [3.8, 4) is 23.0 Å². The molecule has 2 aromatic rings. The van der Waals surface area contributed by atoms with E-state index in [1.807, 2.05) is 0 Å². The fourth-order valence-corrected chi connectivity index (χ4v) is 4.65. The van der Waals surface area contributed by atoms with Crippen LogP contribution in [0.15, 0.2) is 36.4 Å². The molecule has 3 heterocycles. The van der Waals surface area contributed by atoms with Crippen LogP contribution in [0.25, 0.3) is 0 Å². The molecule has 0 aromatic heterocycles. The molecule has 0 radical (unpaired) electrons. The molecular weight excluding hydrogens is 590 g/mol. The van der Waals surface area contributed by atoms with Gasteiger partial charge in [-0.15, -0.1) is 17.6 Å². The minimum absolute atomic E-state index is 0.108. The van der Waals surface area contributed by atoms with Crippen LogP contribution in [0.4, 0.5) is 43.9 Å². The number of rotatable bonds is 6. The molecule has 1 saturated heterocycles. The van der Waals surface area contributed by atoms with Gasteiger partial charge in [-0.05, 0) is 35.4 Å². The molecule has 1 atom stereocenters. The van der Waals surface area contributed by atoms with Crippen LogP contribution >= 0.6 is 0 Å². The third-order valence-corrected chi connectivity index (χ3v) is 6.36. The normalized spacial score (nSPS) is 21.1. The first-order chi connectivity index (χ1) is 18.9. The van der Waals surface area contributed by atoms with Gasteiger partial charge in [-0.3, -0.25) is 9.80 Å². The van der Waals surface area contributed by atoms with Crippen LogP contribution in [-0.2, 0) is 4.74 Å². The Morgan fingerprint density at radius 2 is 1.05 bits per heavy atom. The molecule has 2 aromatic carbocycles. The van der Waals surface area contributed by atoms with E-state index in [0.29, 0.717) is 0 Å². The number of halogens is 10. The van der Waals surface area contributed by atoms with Crippen molar-refractivity contribution in [1.29, 1.82) is 0 Å². The van der Waals surface area contributed by atoms with Crippen LogP contribution in [0.2, 0.25) is 0 Å². The Hall–Kier alpha value is -3.22. The van der Waals surface area contributed by atoms with Gasteiger partial charge in [0.2, 0.25) is 6.41 Å². The van der Waals surface area contributed by atoms with E-state index in [0.717, 1.165) is 4.90 Å². The summed E-state index contributed by atoms with van der Waals surface area (Å²) in [6.45, 7) is -0.817. The average molecular weight is 608 g/mol. The summed E-state index contributed by atoms with van der Waals surface area (Å²) in [7, 11) is 0. The van der Waals surface area contributed by atoms with Crippen molar-refractivity contribution in [2.45, 2.75) is 43.5 Å². The summed E-state index contributed by atoms with van der Waals surface area (Å²) in [4.78, 5) is 2.46. The number of ether oxygens (including phenoxy) is 5. The van der Waals surface area contributed by atoms with Crippen LogP contribution in [0, 0.1) is 0 Å². The summed E-state index contributed by atoms with van der Waals surface area (Å²) >= 11 is 0. The number of hydrogen-bond acceptors (Lipinski definition) is 8. The molecule has 41 heavy (non-hydrogen) atoms. The van der Waals surface area contributed by atoms with Crippen molar-refractivity contribution in [3.63, 3.8) is 0 Å². The molecule has 1 fully saturated rings. The molecular formula is C23H18F10N2O6. The number of aliphatic hydroxyl groups excluding tert-OH is 1. The zero-order chi connectivity index (χ0) is 30.0. The van der Waals surface area contributed by atoms with E-state index in [9.17, 15) is 49.0 Å². The van der Waals surface area contributed by atoms with Crippen molar-refractivity contribution in [2.24, 2.45) is 0 Å². The summed E-state index contributed by atoms with van der Waals surface area (Å²) in [6.07, 6.45) is -26.3. The molecule has 0 spiro atoms. The van der Waals surface area contributed by atoms with Crippen molar-refractivity contribution < 1.29 is 72.7 Å². The maximum absolute atomic E-state index is 13.6.